The molecule has 3 saturated carbocycles. The molecule has 0 aromatic rings. The van der Waals surface area contributed by atoms with Crippen molar-refractivity contribution >= 4 is 19.1 Å². The maximum absolute atomic E-state index is 13.3. The Balaban J connectivity index is 1.29. The van der Waals surface area contributed by atoms with Crippen molar-refractivity contribution in [2.24, 2.45) is 17.3 Å². The van der Waals surface area contributed by atoms with Crippen molar-refractivity contribution in [3.05, 3.63) is 0 Å². The molecule has 3 aliphatic carbocycles. The second-order valence-corrected chi connectivity index (χ2v) is 11.7. The molecule has 3 heterocycles. The smallest absolute Gasteiger partial charge is 0.444 e. The monoisotopic (exact) mass is 434 g/mol. The van der Waals surface area contributed by atoms with E-state index in [9.17, 15) is 9.59 Å². The minimum absolute atomic E-state index is 0.0739. The molecule has 0 unspecified atom stereocenters. The average molecular weight is 434 g/mol. The molecule has 3 saturated heterocycles. The number of hydrogen-bond donors (Lipinski definition) is 1. The van der Waals surface area contributed by atoms with Crippen LogP contribution in [0, 0.1) is 17.3 Å². The van der Waals surface area contributed by atoms with E-state index < -0.39 is 24.9 Å². The lowest BCUT2D eigenvalue weighted by Gasteiger charge is -2.64. The average Bonchev–Trinajstić information content (AvgIpc) is 3.22. The zero-order valence-electron chi connectivity index (χ0n) is 19.5. The lowest BCUT2D eigenvalue weighted by molar-refractivity contribution is -0.199. The quantitative estimate of drug-likeness (QED) is 0.673. The molecule has 31 heavy (non-hydrogen) atoms. The first-order valence-electron chi connectivity index (χ1n) is 11.7. The Labute approximate surface area is 184 Å². The number of alkyl carbamates (subject to hydrolysis) is 1. The molecule has 8 nitrogen and oxygen atoms in total. The summed E-state index contributed by atoms with van der Waals surface area (Å²) in [6.45, 7) is 12.4. The Kier molecular flexibility index (Phi) is 4.75. The van der Waals surface area contributed by atoms with Gasteiger partial charge in [0.15, 0.2) is 0 Å². The maximum atomic E-state index is 13.3. The van der Waals surface area contributed by atoms with Crippen LogP contribution in [0.3, 0.4) is 0 Å². The molecule has 6 fully saturated rings. The molecule has 7 atom stereocenters. The number of carbonyl (C=O) groups is 2. The van der Waals surface area contributed by atoms with E-state index in [4.69, 9.17) is 18.8 Å². The summed E-state index contributed by atoms with van der Waals surface area (Å²) in [5, 5.41) is 2.67. The summed E-state index contributed by atoms with van der Waals surface area (Å²) in [7, 11) is -0.456. The van der Waals surface area contributed by atoms with Crippen molar-refractivity contribution in [2.75, 3.05) is 6.61 Å². The molecule has 0 radical (unpaired) electrons. The molecule has 0 spiro atoms. The fourth-order valence-corrected chi connectivity index (χ4v) is 6.62. The Morgan fingerprint density at radius 2 is 1.97 bits per heavy atom. The predicted molar refractivity (Wildman–Crippen MR) is 113 cm³/mol. The Morgan fingerprint density at radius 3 is 2.65 bits per heavy atom. The highest BCUT2D eigenvalue weighted by Gasteiger charge is 2.69. The van der Waals surface area contributed by atoms with Crippen molar-refractivity contribution in [3.8, 4) is 0 Å². The minimum atomic E-state index is -0.766. The molecule has 2 bridgehead atoms. The second-order valence-electron chi connectivity index (χ2n) is 11.7. The van der Waals surface area contributed by atoms with Crippen molar-refractivity contribution in [1.82, 2.24) is 10.2 Å². The number of amides is 2. The summed E-state index contributed by atoms with van der Waals surface area (Å²) in [5.74, 6) is 0.794. The predicted octanol–water partition coefficient (Wildman–Crippen LogP) is 2.49. The second kappa shape index (κ2) is 6.84. The molecule has 0 aromatic heterocycles. The molecular weight excluding hydrogens is 399 g/mol. The molecule has 3 aliphatic heterocycles. The molecule has 6 aliphatic rings. The molecule has 2 amide bonds. The number of ether oxygens (including phenoxy) is 2. The van der Waals surface area contributed by atoms with Gasteiger partial charge < -0.3 is 29.0 Å². The van der Waals surface area contributed by atoms with Gasteiger partial charge >= 0.3 is 13.2 Å². The number of carbonyl (C=O) groups excluding carboxylic acids is 2. The van der Waals surface area contributed by atoms with Crippen LogP contribution in [0.5, 0.6) is 0 Å². The summed E-state index contributed by atoms with van der Waals surface area (Å²) in [6.07, 6.45) is 2.89. The largest absolute Gasteiger partial charge is 0.482 e. The van der Waals surface area contributed by atoms with Gasteiger partial charge in [0.2, 0.25) is 5.91 Å². The lowest BCUT2D eigenvalue weighted by Crippen LogP contribution is -2.65. The fourth-order valence-electron chi connectivity index (χ4n) is 6.62. The minimum Gasteiger partial charge on any atom is -0.444 e. The van der Waals surface area contributed by atoms with E-state index in [1.165, 1.54) is 6.42 Å². The molecule has 6 rings (SSSR count). The number of rotatable bonds is 2. The molecular formula is C22H35BN2O6. The van der Waals surface area contributed by atoms with Crippen LogP contribution in [0.25, 0.3) is 0 Å². The Hall–Kier alpha value is -1.32. The first-order chi connectivity index (χ1) is 14.4. The third-order valence-corrected chi connectivity index (χ3v) is 8.36. The van der Waals surface area contributed by atoms with E-state index in [2.05, 4.69) is 26.1 Å². The van der Waals surface area contributed by atoms with Gasteiger partial charge in [-0.25, -0.2) is 4.79 Å². The standard InChI is InChI=1S/C22H35BN2O6/c1-20(2,3)29-19(27)24-13-11-28-17-8-7-16(25(17)18(13)26)23-30-15-10-12-9-14(21(12,4)5)22(15,6)31-23/h12-17H,7-11H2,1-6H3,(H,24,27)/t12-,13-,14-,15+,16-,17-,22-/m0/s1. The van der Waals surface area contributed by atoms with Crippen LogP contribution in [-0.4, -0.2) is 66.1 Å². The summed E-state index contributed by atoms with van der Waals surface area (Å²) >= 11 is 0. The summed E-state index contributed by atoms with van der Waals surface area (Å²) < 4.78 is 24.3. The highest BCUT2D eigenvalue weighted by atomic mass is 16.7. The highest BCUT2D eigenvalue weighted by molar-refractivity contribution is 6.48. The van der Waals surface area contributed by atoms with Crippen molar-refractivity contribution < 1.29 is 28.4 Å². The van der Waals surface area contributed by atoms with Crippen LogP contribution in [0.4, 0.5) is 4.79 Å². The third-order valence-electron chi connectivity index (χ3n) is 8.36. The van der Waals surface area contributed by atoms with E-state index in [-0.39, 0.29) is 41.8 Å². The van der Waals surface area contributed by atoms with E-state index in [1.807, 2.05) is 0 Å². The van der Waals surface area contributed by atoms with Gasteiger partial charge in [0.1, 0.15) is 17.9 Å². The zero-order valence-corrected chi connectivity index (χ0v) is 19.5. The number of hydrogen-bond acceptors (Lipinski definition) is 6. The molecule has 1 N–H and O–H groups in total. The Morgan fingerprint density at radius 1 is 1.23 bits per heavy atom. The van der Waals surface area contributed by atoms with E-state index in [0.29, 0.717) is 11.8 Å². The first kappa shape index (κ1) is 21.5. The van der Waals surface area contributed by atoms with Gasteiger partial charge in [-0.1, -0.05) is 13.8 Å². The molecule has 0 aromatic carbocycles. The van der Waals surface area contributed by atoms with Crippen molar-refractivity contribution in [1.29, 1.82) is 0 Å². The van der Waals surface area contributed by atoms with Gasteiger partial charge in [0.05, 0.1) is 24.3 Å². The summed E-state index contributed by atoms with van der Waals surface area (Å²) in [6, 6.07) is -0.766. The first-order valence-corrected chi connectivity index (χ1v) is 11.7. The number of nitrogens with zero attached hydrogens (tertiary/aromatic N) is 1. The maximum Gasteiger partial charge on any atom is 0.482 e. The van der Waals surface area contributed by atoms with Crippen molar-refractivity contribution in [3.63, 3.8) is 0 Å². The topological polar surface area (TPSA) is 86.3 Å². The van der Waals surface area contributed by atoms with Crippen LogP contribution in [0.15, 0.2) is 0 Å². The Bertz CT molecular complexity index is 784. The molecule has 9 heteroatoms. The van der Waals surface area contributed by atoms with Gasteiger partial charge in [-0.2, -0.15) is 0 Å². The lowest BCUT2D eigenvalue weighted by atomic mass is 9.43. The van der Waals surface area contributed by atoms with Crippen LogP contribution in [0.1, 0.15) is 67.2 Å². The van der Waals surface area contributed by atoms with Gasteiger partial charge in [-0.15, -0.1) is 0 Å². The van der Waals surface area contributed by atoms with Crippen LogP contribution < -0.4 is 5.32 Å². The van der Waals surface area contributed by atoms with Gasteiger partial charge in [0, 0.05) is 0 Å². The van der Waals surface area contributed by atoms with Gasteiger partial charge in [-0.05, 0) is 70.6 Å². The normalized spacial score (nSPS) is 43.2. The third kappa shape index (κ3) is 3.30. The number of fused-ring (bicyclic) bond motifs is 1. The van der Waals surface area contributed by atoms with E-state index in [0.717, 1.165) is 19.3 Å². The van der Waals surface area contributed by atoms with Crippen LogP contribution in [0.2, 0.25) is 0 Å². The van der Waals surface area contributed by atoms with Gasteiger partial charge in [0.25, 0.3) is 0 Å². The molecule has 172 valence electrons. The summed E-state index contributed by atoms with van der Waals surface area (Å²) in [5.41, 5.74) is -0.670. The van der Waals surface area contributed by atoms with Crippen LogP contribution in [-0.2, 0) is 23.6 Å². The van der Waals surface area contributed by atoms with Crippen molar-refractivity contribution in [2.45, 2.75) is 103 Å². The van der Waals surface area contributed by atoms with E-state index >= 15 is 0 Å². The van der Waals surface area contributed by atoms with Crippen LogP contribution >= 0.6 is 0 Å². The SMILES string of the molecule is CC(C)(C)OC(=O)N[C@H]1CO[C@H]2CC[C@@H](B3O[C@@H]4C[C@@H]5C[C@@H](C5(C)C)[C@]4(C)O3)N2C1=O. The zero-order chi connectivity index (χ0) is 22.3. The van der Waals surface area contributed by atoms with E-state index in [1.54, 1.807) is 25.7 Å². The number of nitrogens with one attached hydrogen (secondary N) is 1. The fraction of sp³-hybridized carbons (Fsp3) is 0.909. The van der Waals surface area contributed by atoms with Gasteiger partial charge in [-0.3, -0.25) is 4.79 Å². The highest BCUT2D eigenvalue weighted by Crippen LogP contribution is 2.66. The summed E-state index contributed by atoms with van der Waals surface area (Å²) in [4.78, 5) is 27.3.